The van der Waals surface area contributed by atoms with Crippen LogP contribution in [0.15, 0.2) is 12.1 Å². The summed E-state index contributed by atoms with van der Waals surface area (Å²) in [6.45, 7) is 3.03. The Morgan fingerprint density at radius 1 is 1.30 bits per heavy atom. The standard InChI is InChI=1S/C12H15F2N3O2S/c13-10-7-9(17(18)19)8-11(14)12(10)15-1-2-16-3-5-20-6-4-16/h7-8,15H,1-6H2. The van der Waals surface area contributed by atoms with Crippen molar-refractivity contribution in [3.8, 4) is 0 Å². The van der Waals surface area contributed by atoms with Gasteiger partial charge in [-0.1, -0.05) is 0 Å². The minimum Gasteiger partial charge on any atom is -0.379 e. The highest BCUT2D eigenvalue weighted by Crippen LogP contribution is 2.24. The Balaban J connectivity index is 1.93. The third kappa shape index (κ3) is 3.80. The second kappa shape index (κ2) is 6.85. The third-order valence-corrected chi connectivity index (χ3v) is 4.01. The van der Waals surface area contributed by atoms with Crippen molar-refractivity contribution >= 4 is 23.1 Å². The van der Waals surface area contributed by atoms with Crippen molar-refractivity contribution in [2.24, 2.45) is 0 Å². The lowest BCUT2D eigenvalue weighted by Gasteiger charge is -2.26. The van der Waals surface area contributed by atoms with Crippen molar-refractivity contribution in [3.05, 3.63) is 33.9 Å². The molecule has 0 aliphatic carbocycles. The SMILES string of the molecule is O=[N+]([O-])c1cc(F)c(NCCN2CCSCC2)c(F)c1. The van der Waals surface area contributed by atoms with Crippen molar-refractivity contribution in [3.63, 3.8) is 0 Å². The Labute approximate surface area is 119 Å². The number of nitro groups is 1. The van der Waals surface area contributed by atoms with Gasteiger partial charge in [-0.05, 0) is 0 Å². The van der Waals surface area contributed by atoms with E-state index in [2.05, 4.69) is 10.2 Å². The maximum absolute atomic E-state index is 13.6. The molecule has 0 bridgehead atoms. The molecule has 0 radical (unpaired) electrons. The molecule has 1 aliphatic heterocycles. The Bertz CT molecular complexity index is 473. The number of rotatable bonds is 5. The lowest BCUT2D eigenvalue weighted by Crippen LogP contribution is -2.36. The average Bonchev–Trinajstić information content (AvgIpc) is 2.42. The highest BCUT2D eigenvalue weighted by Gasteiger charge is 2.17. The molecule has 1 saturated heterocycles. The molecule has 20 heavy (non-hydrogen) atoms. The summed E-state index contributed by atoms with van der Waals surface area (Å²) in [5, 5.41) is 13.2. The van der Waals surface area contributed by atoms with Gasteiger partial charge in [-0.3, -0.25) is 15.0 Å². The van der Waals surface area contributed by atoms with Gasteiger partial charge < -0.3 is 5.32 Å². The maximum Gasteiger partial charge on any atom is 0.275 e. The lowest BCUT2D eigenvalue weighted by molar-refractivity contribution is -0.385. The van der Waals surface area contributed by atoms with E-state index in [0.717, 1.165) is 36.7 Å². The molecule has 110 valence electrons. The Morgan fingerprint density at radius 2 is 1.90 bits per heavy atom. The highest BCUT2D eigenvalue weighted by atomic mass is 32.2. The van der Waals surface area contributed by atoms with E-state index in [1.165, 1.54) is 0 Å². The van der Waals surface area contributed by atoms with Crippen LogP contribution in [0.3, 0.4) is 0 Å². The van der Waals surface area contributed by atoms with Crippen LogP contribution in [0.4, 0.5) is 20.2 Å². The Hall–Kier alpha value is -1.41. The first kappa shape index (κ1) is 15.0. The summed E-state index contributed by atoms with van der Waals surface area (Å²) in [5.41, 5.74) is -0.888. The number of hydrogen-bond acceptors (Lipinski definition) is 5. The molecular formula is C12H15F2N3O2S. The largest absolute Gasteiger partial charge is 0.379 e. The van der Waals surface area contributed by atoms with E-state index in [4.69, 9.17) is 0 Å². The second-order valence-electron chi connectivity index (χ2n) is 4.42. The van der Waals surface area contributed by atoms with Crippen molar-refractivity contribution in [1.29, 1.82) is 0 Å². The van der Waals surface area contributed by atoms with Gasteiger partial charge in [0.2, 0.25) is 0 Å². The molecule has 0 unspecified atom stereocenters. The van der Waals surface area contributed by atoms with Gasteiger partial charge in [-0.15, -0.1) is 0 Å². The first-order valence-electron chi connectivity index (χ1n) is 6.25. The van der Waals surface area contributed by atoms with Crippen LogP contribution in [-0.4, -0.2) is 47.5 Å². The lowest BCUT2D eigenvalue weighted by atomic mass is 10.2. The Kier molecular flexibility index (Phi) is 5.13. The van der Waals surface area contributed by atoms with E-state index in [0.29, 0.717) is 13.1 Å². The predicted molar refractivity (Wildman–Crippen MR) is 75.3 cm³/mol. The Morgan fingerprint density at radius 3 is 2.45 bits per heavy atom. The molecular weight excluding hydrogens is 288 g/mol. The molecule has 0 spiro atoms. The summed E-state index contributed by atoms with van der Waals surface area (Å²) in [7, 11) is 0. The average molecular weight is 303 g/mol. The van der Waals surface area contributed by atoms with Gasteiger partial charge in [0.25, 0.3) is 5.69 Å². The summed E-state index contributed by atoms with van der Waals surface area (Å²) < 4.78 is 27.2. The number of anilines is 1. The normalized spacial score (nSPS) is 16.1. The van der Waals surface area contributed by atoms with Crippen LogP contribution in [-0.2, 0) is 0 Å². The summed E-state index contributed by atoms with van der Waals surface area (Å²) in [6.07, 6.45) is 0. The summed E-state index contributed by atoms with van der Waals surface area (Å²) in [5.74, 6) is 0.261. The molecule has 8 heteroatoms. The molecule has 1 aliphatic rings. The minimum absolute atomic E-state index is 0.304. The number of non-ortho nitro benzene ring substituents is 1. The first-order valence-corrected chi connectivity index (χ1v) is 7.41. The van der Waals surface area contributed by atoms with Crippen LogP contribution >= 0.6 is 11.8 Å². The molecule has 1 aromatic rings. The van der Waals surface area contributed by atoms with Crippen molar-refractivity contribution in [2.45, 2.75) is 0 Å². The predicted octanol–water partition coefficient (Wildman–Crippen LogP) is 2.33. The van der Waals surface area contributed by atoms with E-state index in [1.54, 1.807) is 0 Å². The molecule has 0 aromatic heterocycles. The summed E-state index contributed by atoms with van der Waals surface area (Å²) in [6, 6.07) is 1.45. The van der Waals surface area contributed by atoms with Crippen LogP contribution in [0.5, 0.6) is 0 Å². The summed E-state index contributed by atoms with van der Waals surface area (Å²) >= 11 is 1.89. The van der Waals surface area contributed by atoms with Gasteiger partial charge in [0.05, 0.1) is 17.1 Å². The highest BCUT2D eigenvalue weighted by molar-refractivity contribution is 7.99. The molecule has 1 aromatic carbocycles. The van der Waals surface area contributed by atoms with E-state index in [9.17, 15) is 18.9 Å². The maximum atomic E-state index is 13.6. The number of thioether (sulfide) groups is 1. The number of nitrogens with one attached hydrogen (secondary N) is 1. The van der Waals surface area contributed by atoms with Crippen molar-refractivity contribution in [1.82, 2.24) is 4.90 Å². The first-order chi connectivity index (χ1) is 9.58. The third-order valence-electron chi connectivity index (χ3n) is 3.07. The van der Waals surface area contributed by atoms with Gasteiger partial charge >= 0.3 is 0 Å². The molecule has 2 rings (SSSR count). The number of nitro benzene ring substituents is 1. The van der Waals surface area contributed by atoms with Crippen molar-refractivity contribution in [2.75, 3.05) is 43.0 Å². The number of hydrogen-bond donors (Lipinski definition) is 1. The molecule has 0 atom stereocenters. The van der Waals surface area contributed by atoms with Crippen LogP contribution in [0.25, 0.3) is 0 Å². The van der Waals surface area contributed by atoms with Gasteiger partial charge in [-0.2, -0.15) is 11.8 Å². The van der Waals surface area contributed by atoms with Gasteiger partial charge in [-0.25, -0.2) is 8.78 Å². The van der Waals surface area contributed by atoms with Gasteiger partial charge in [0.1, 0.15) is 5.69 Å². The molecule has 1 N–H and O–H groups in total. The molecule has 1 fully saturated rings. The smallest absolute Gasteiger partial charge is 0.275 e. The minimum atomic E-state index is -0.939. The van der Waals surface area contributed by atoms with Gasteiger partial charge in [0, 0.05) is 37.7 Å². The molecule has 0 saturated carbocycles. The van der Waals surface area contributed by atoms with Crippen LogP contribution in [0, 0.1) is 21.7 Å². The van der Waals surface area contributed by atoms with Gasteiger partial charge in [0.15, 0.2) is 11.6 Å². The van der Waals surface area contributed by atoms with Crippen molar-refractivity contribution < 1.29 is 13.7 Å². The van der Waals surface area contributed by atoms with Crippen LogP contribution in [0.2, 0.25) is 0 Å². The van der Waals surface area contributed by atoms with Crippen LogP contribution < -0.4 is 5.32 Å². The van der Waals surface area contributed by atoms with E-state index in [-0.39, 0.29) is 5.69 Å². The zero-order chi connectivity index (χ0) is 14.5. The monoisotopic (exact) mass is 303 g/mol. The fraction of sp³-hybridized carbons (Fsp3) is 0.500. The topological polar surface area (TPSA) is 58.4 Å². The number of nitrogens with zero attached hydrogens (tertiary/aromatic N) is 2. The van der Waals surface area contributed by atoms with E-state index >= 15 is 0 Å². The molecule has 5 nitrogen and oxygen atoms in total. The number of halogens is 2. The number of benzene rings is 1. The quantitative estimate of drug-likeness (QED) is 0.668. The molecule has 1 heterocycles. The van der Waals surface area contributed by atoms with E-state index in [1.807, 2.05) is 11.8 Å². The van der Waals surface area contributed by atoms with Crippen LogP contribution in [0.1, 0.15) is 0 Å². The fourth-order valence-electron chi connectivity index (χ4n) is 2.00. The zero-order valence-corrected chi connectivity index (χ0v) is 11.6. The zero-order valence-electron chi connectivity index (χ0n) is 10.8. The van der Waals surface area contributed by atoms with E-state index < -0.39 is 22.2 Å². The fourth-order valence-corrected chi connectivity index (χ4v) is 2.98. The second-order valence-corrected chi connectivity index (χ2v) is 5.65. The molecule has 0 amide bonds. The summed E-state index contributed by atoms with van der Waals surface area (Å²) in [4.78, 5) is 11.9.